The van der Waals surface area contributed by atoms with Gasteiger partial charge in [-0.05, 0) is 37.3 Å². The fourth-order valence-electron chi connectivity index (χ4n) is 3.48. The summed E-state index contributed by atoms with van der Waals surface area (Å²) < 4.78 is 5.72. The molecule has 1 atom stereocenters. The van der Waals surface area contributed by atoms with E-state index >= 15 is 0 Å². The van der Waals surface area contributed by atoms with Crippen LogP contribution in [0.15, 0.2) is 24.5 Å². The van der Waals surface area contributed by atoms with Crippen molar-refractivity contribution in [2.75, 3.05) is 13.2 Å². The fourth-order valence-corrected chi connectivity index (χ4v) is 3.48. The zero-order valence-electron chi connectivity index (χ0n) is 13.7. The van der Waals surface area contributed by atoms with Crippen molar-refractivity contribution in [2.24, 2.45) is 0 Å². The third kappa shape index (κ3) is 4.93. The minimum atomic E-state index is 0.0382. The number of carbonyl (C=O) groups excluding carboxylic acids is 1. The summed E-state index contributed by atoms with van der Waals surface area (Å²) in [6.07, 6.45) is 11.8. The number of pyridine rings is 1. The van der Waals surface area contributed by atoms with Crippen LogP contribution in [0.25, 0.3) is 0 Å². The maximum Gasteiger partial charge on any atom is 0.318 e. The summed E-state index contributed by atoms with van der Waals surface area (Å²) in [5.74, 6) is 0. The van der Waals surface area contributed by atoms with Crippen LogP contribution in [0.5, 0.6) is 0 Å². The number of ether oxygens (including phenoxy) is 1. The fraction of sp³-hybridized carbons (Fsp3) is 0.667. The van der Waals surface area contributed by atoms with Gasteiger partial charge in [-0.1, -0.05) is 25.3 Å². The summed E-state index contributed by atoms with van der Waals surface area (Å²) in [7, 11) is 0. The summed E-state index contributed by atoms with van der Waals surface area (Å²) in [4.78, 5) is 18.8. The Bertz CT molecular complexity index is 482. The molecule has 0 spiro atoms. The van der Waals surface area contributed by atoms with E-state index in [1.807, 2.05) is 23.2 Å². The van der Waals surface area contributed by atoms with Crippen LogP contribution in [0.2, 0.25) is 0 Å². The average Bonchev–Trinajstić information content (AvgIpc) is 3.09. The molecule has 126 valence electrons. The lowest BCUT2D eigenvalue weighted by Gasteiger charge is -2.29. The van der Waals surface area contributed by atoms with Gasteiger partial charge in [0.25, 0.3) is 0 Å². The molecule has 1 aliphatic carbocycles. The number of hydrogen-bond acceptors (Lipinski definition) is 3. The lowest BCUT2D eigenvalue weighted by Crippen LogP contribution is -2.47. The highest BCUT2D eigenvalue weighted by Crippen LogP contribution is 2.19. The second kappa shape index (κ2) is 8.29. The second-order valence-corrected chi connectivity index (χ2v) is 6.66. The molecule has 23 heavy (non-hydrogen) atoms. The van der Waals surface area contributed by atoms with Crippen molar-refractivity contribution in [2.45, 2.75) is 63.6 Å². The van der Waals surface area contributed by atoms with E-state index in [-0.39, 0.29) is 12.1 Å². The first-order chi connectivity index (χ1) is 11.3. The number of urea groups is 1. The van der Waals surface area contributed by atoms with Gasteiger partial charge in [0.05, 0.1) is 6.10 Å². The van der Waals surface area contributed by atoms with Gasteiger partial charge in [-0.3, -0.25) is 4.98 Å². The van der Waals surface area contributed by atoms with Crippen molar-refractivity contribution in [3.05, 3.63) is 30.1 Å². The molecule has 2 aliphatic rings. The van der Waals surface area contributed by atoms with Gasteiger partial charge in [-0.2, -0.15) is 0 Å². The normalized spacial score (nSPS) is 22.0. The molecule has 5 nitrogen and oxygen atoms in total. The van der Waals surface area contributed by atoms with Crippen molar-refractivity contribution < 1.29 is 9.53 Å². The Hall–Kier alpha value is -1.62. The zero-order chi connectivity index (χ0) is 15.9. The standard InChI is InChI=1S/C18H27N3O2/c22-18(20-16-7-2-1-3-8-16)21(14-17-9-5-11-23-17)13-15-6-4-10-19-12-15/h4,6,10,12,16-17H,1-3,5,7-9,11,13-14H2,(H,20,22). The van der Waals surface area contributed by atoms with E-state index in [2.05, 4.69) is 10.3 Å². The van der Waals surface area contributed by atoms with Gasteiger partial charge in [0.1, 0.15) is 0 Å². The van der Waals surface area contributed by atoms with Crippen LogP contribution in [-0.4, -0.2) is 41.2 Å². The quantitative estimate of drug-likeness (QED) is 0.908. The molecule has 1 aromatic rings. The molecule has 2 fully saturated rings. The first-order valence-electron chi connectivity index (χ1n) is 8.87. The topological polar surface area (TPSA) is 54.5 Å². The second-order valence-electron chi connectivity index (χ2n) is 6.66. The van der Waals surface area contributed by atoms with Crippen molar-refractivity contribution in [3.63, 3.8) is 0 Å². The van der Waals surface area contributed by atoms with Gasteiger partial charge in [-0.25, -0.2) is 4.79 Å². The molecule has 1 aliphatic heterocycles. The molecule has 5 heteroatoms. The predicted octanol–water partition coefficient (Wildman–Crippen LogP) is 3.10. The number of nitrogens with one attached hydrogen (secondary N) is 1. The van der Waals surface area contributed by atoms with Crippen molar-refractivity contribution in [1.29, 1.82) is 0 Å². The summed E-state index contributed by atoms with van der Waals surface area (Å²) in [6, 6.07) is 4.30. The Labute approximate surface area is 138 Å². The number of aromatic nitrogens is 1. The van der Waals surface area contributed by atoms with Crippen LogP contribution in [-0.2, 0) is 11.3 Å². The van der Waals surface area contributed by atoms with Crippen molar-refractivity contribution in [3.8, 4) is 0 Å². The molecule has 1 saturated carbocycles. The van der Waals surface area contributed by atoms with Crippen LogP contribution in [0.3, 0.4) is 0 Å². The molecule has 2 amide bonds. The van der Waals surface area contributed by atoms with Gasteiger partial charge >= 0.3 is 6.03 Å². The Morgan fingerprint density at radius 1 is 1.26 bits per heavy atom. The monoisotopic (exact) mass is 317 g/mol. The molecular weight excluding hydrogens is 290 g/mol. The van der Waals surface area contributed by atoms with E-state index in [4.69, 9.17) is 4.74 Å². The Balaban J connectivity index is 1.61. The molecule has 1 aromatic heterocycles. The third-order valence-corrected chi connectivity index (χ3v) is 4.76. The summed E-state index contributed by atoms with van der Waals surface area (Å²) >= 11 is 0. The summed E-state index contributed by atoms with van der Waals surface area (Å²) in [5.41, 5.74) is 1.06. The van der Waals surface area contributed by atoms with E-state index in [0.29, 0.717) is 19.1 Å². The smallest absolute Gasteiger partial charge is 0.318 e. The van der Waals surface area contributed by atoms with Crippen LogP contribution < -0.4 is 5.32 Å². The first-order valence-corrected chi connectivity index (χ1v) is 8.87. The average molecular weight is 317 g/mol. The Morgan fingerprint density at radius 2 is 2.13 bits per heavy atom. The van der Waals surface area contributed by atoms with Crippen molar-refractivity contribution in [1.82, 2.24) is 15.2 Å². The maximum atomic E-state index is 12.7. The molecule has 1 unspecified atom stereocenters. The van der Waals surface area contributed by atoms with E-state index in [1.165, 1.54) is 19.3 Å². The molecule has 1 saturated heterocycles. The number of nitrogens with zero attached hydrogens (tertiary/aromatic N) is 2. The van der Waals surface area contributed by atoms with E-state index in [1.54, 1.807) is 6.20 Å². The van der Waals surface area contributed by atoms with Gasteiger partial charge in [0.15, 0.2) is 0 Å². The number of amides is 2. The number of rotatable bonds is 5. The van der Waals surface area contributed by atoms with Gasteiger partial charge < -0.3 is 15.0 Å². The lowest BCUT2D eigenvalue weighted by molar-refractivity contribution is 0.0785. The number of hydrogen-bond donors (Lipinski definition) is 1. The minimum absolute atomic E-state index is 0.0382. The van der Waals surface area contributed by atoms with Crippen LogP contribution in [0.4, 0.5) is 4.79 Å². The summed E-state index contributed by atoms with van der Waals surface area (Å²) in [6.45, 7) is 2.06. The maximum absolute atomic E-state index is 12.7. The first kappa shape index (κ1) is 16.2. The molecule has 2 heterocycles. The molecule has 3 rings (SSSR count). The van der Waals surface area contributed by atoms with E-state index < -0.39 is 0 Å². The summed E-state index contributed by atoms with van der Waals surface area (Å²) in [5, 5.41) is 3.22. The Morgan fingerprint density at radius 3 is 2.83 bits per heavy atom. The van der Waals surface area contributed by atoms with Crippen LogP contribution in [0.1, 0.15) is 50.5 Å². The van der Waals surface area contributed by atoms with Crippen molar-refractivity contribution >= 4 is 6.03 Å². The number of carbonyl (C=O) groups is 1. The molecule has 1 N–H and O–H groups in total. The van der Waals surface area contributed by atoms with Gasteiger partial charge in [0, 0.05) is 38.1 Å². The van der Waals surface area contributed by atoms with Gasteiger partial charge in [0.2, 0.25) is 0 Å². The molecular formula is C18H27N3O2. The highest BCUT2D eigenvalue weighted by molar-refractivity contribution is 5.74. The molecule has 0 bridgehead atoms. The van der Waals surface area contributed by atoms with E-state index in [9.17, 15) is 4.79 Å². The zero-order valence-corrected chi connectivity index (χ0v) is 13.7. The van der Waals surface area contributed by atoms with Gasteiger partial charge in [-0.15, -0.1) is 0 Å². The lowest BCUT2D eigenvalue weighted by atomic mass is 9.96. The third-order valence-electron chi connectivity index (χ3n) is 4.76. The largest absolute Gasteiger partial charge is 0.376 e. The highest BCUT2D eigenvalue weighted by Gasteiger charge is 2.25. The molecule has 0 radical (unpaired) electrons. The SMILES string of the molecule is O=C(NC1CCCCC1)N(Cc1cccnc1)CC1CCCO1. The van der Waals surface area contributed by atoms with E-state index in [0.717, 1.165) is 37.9 Å². The highest BCUT2D eigenvalue weighted by atomic mass is 16.5. The Kier molecular flexibility index (Phi) is 5.86. The van der Waals surface area contributed by atoms with Crippen LogP contribution in [0, 0.1) is 0 Å². The van der Waals surface area contributed by atoms with Crippen LogP contribution >= 0.6 is 0 Å². The molecule has 0 aromatic carbocycles. The predicted molar refractivity (Wildman–Crippen MR) is 89.0 cm³/mol. The minimum Gasteiger partial charge on any atom is -0.376 e.